The summed E-state index contributed by atoms with van der Waals surface area (Å²) in [7, 11) is 0. The summed E-state index contributed by atoms with van der Waals surface area (Å²) in [6.07, 6.45) is 3.36. The van der Waals surface area contributed by atoms with Gasteiger partial charge in [0, 0.05) is 48.1 Å². The van der Waals surface area contributed by atoms with E-state index in [4.69, 9.17) is 4.98 Å². The van der Waals surface area contributed by atoms with E-state index in [-0.39, 0.29) is 23.3 Å². The molecule has 0 fully saturated rings. The maximum absolute atomic E-state index is 13.3. The van der Waals surface area contributed by atoms with Gasteiger partial charge in [-0.2, -0.15) is 0 Å². The van der Waals surface area contributed by atoms with Gasteiger partial charge in [-0.05, 0) is 23.3 Å². The molecule has 1 aliphatic rings. The van der Waals surface area contributed by atoms with E-state index in [1.165, 1.54) is 0 Å². The Morgan fingerprint density at radius 2 is 1.56 bits per heavy atom. The van der Waals surface area contributed by atoms with Crippen LogP contribution in [0.3, 0.4) is 0 Å². The van der Waals surface area contributed by atoms with Crippen molar-refractivity contribution in [1.82, 2.24) is 14.5 Å². The molecular formula is C28H26N4O2. The van der Waals surface area contributed by atoms with Gasteiger partial charge < -0.3 is 4.90 Å². The molecule has 1 aliphatic heterocycles. The van der Waals surface area contributed by atoms with Gasteiger partial charge in [-0.3, -0.25) is 19.1 Å². The average Bonchev–Trinajstić information content (AvgIpc) is 2.85. The summed E-state index contributed by atoms with van der Waals surface area (Å²) in [5.74, 6) is 0.528. The molecule has 0 N–H and O–H groups in total. The van der Waals surface area contributed by atoms with Crippen molar-refractivity contribution in [3.05, 3.63) is 101 Å². The summed E-state index contributed by atoms with van der Waals surface area (Å²) in [5, 5.41) is 0. The smallest absolute Gasteiger partial charge is 0.255 e. The lowest BCUT2D eigenvalue weighted by atomic mass is 9.90. The van der Waals surface area contributed by atoms with Gasteiger partial charge in [0.15, 0.2) is 5.78 Å². The molecule has 3 heterocycles. The Hall–Kier alpha value is -4.06. The summed E-state index contributed by atoms with van der Waals surface area (Å²) in [6, 6.07) is 23.0. The minimum atomic E-state index is -0.172. The lowest BCUT2D eigenvalue weighted by Crippen LogP contribution is -2.49. The predicted octanol–water partition coefficient (Wildman–Crippen LogP) is 4.70. The molecule has 0 amide bonds. The van der Waals surface area contributed by atoms with Crippen molar-refractivity contribution in [3.63, 3.8) is 0 Å². The molecule has 4 aromatic rings. The van der Waals surface area contributed by atoms with Crippen LogP contribution in [-0.2, 0) is 6.54 Å². The van der Waals surface area contributed by atoms with Crippen LogP contribution in [0.5, 0.6) is 0 Å². The highest BCUT2D eigenvalue weighted by Gasteiger charge is 2.33. The largest absolute Gasteiger partial charge is 0.334 e. The number of hydrogen-bond acceptors (Lipinski definition) is 5. The van der Waals surface area contributed by atoms with Crippen LogP contribution < -0.4 is 10.5 Å². The zero-order valence-electron chi connectivity index (χ0n) is 19.3. The fraction of sp³-hybridized carbons (Fsp3) is 0.214. The number of Topliss-reactive ketones (excluding diaryl/α,β-unsaturated/α-hetero) is 1. The first-order valence-corrected chi connectivity index (χ1v) is 11.4. The van der Waals surface area contributed by atoms with Crippen LogP contribution in [0.1, 0.15) is 24.2 Å². The Bertz CT molecular complexity index is 1380. The predicted molar refractivity (Wildman–Crippen MR) is 134 cm³/mol. The second-order valence-electron chi connectivity index (χ2n) is 9.49. The van der Waals surface area contributed by atoms with Crippen molar-refractivity contribution in [3.8, 4) is 22.4 Å². The maximum Gasteiger partial charge on any atom is 0.255 e. The SMILES string of the molecule is CC1(C)CN(CC(=O)c2ccc(-c3ccccc3)cc2)c2nc(-c3ccncc3)cc(=O)n2C1. The average molecular weight is 451 g/mol. The lowest BCUT2D eigenvalue weighted by molar-refractivity contribution is 0.0993. The molecule has 170 valence electrons. The number of rotatable bonds is 5. The molecule has 34 heavy (non-hydrogen) atoms. The van der Waals surface area contributed by atoms with Gasteiger partial charge >= 0.3 is 0 Å². The molecule has 0 saturated carbocycles. The van der Waals surface area contributed by atoms with E-state index in [0.29, 0.717) is 30.3 Å². The molecule has 0 radical (unpaired) electrons. The number of carbonyl (C=O) groups excluding carboxylic acids is 1. The maximum atomic E-state index is 13.3. The molecule has 0 spiro atoms. The fourth-order valence-electron chi connectivity index (χ4n) is 4.49. The molecule has 0 aliphatic carbocycles. The summed E-state index contributed by atoms with van der Waals surface area (Å²) >= 11 is 0. The van der Waals surface area contributed by atoms with Crippen LogP contribution in [0, 0.1) is 5.41 Å². The van der Waals surface area contributed by atoms with E-state index in [2.05, 4.69) is 18.8 Å². The minimum Gasteiger partial charge on any atom is -0.334 e. The number of pyridine rings is 1. The number of nitrogens with zero attached hydrogens (tertiary/aromatic N) is 4. The van der Waals surface area contributed by atoms with Gasteiger partial charge in [0.2, 0.25) is 5.95 Å². The molecular weight excluding hydrogens is 424 g/mol. The zero-order chi connectivity index (χ0) is 23.7. The topological polar surface area (TPSA) is 68.1 Å². The van der Waals surface area contributed by atoms with Gasteiger partial charge in [-0.15, -0.1) is 0 Å². The van der Waals surface area contributed by atoms with E-state index in [1.807, 2.05) is 71.6 Å². The number of benzene rings is 2. The number of ketones is 1. The second kappa shape index (κ2) is 8.71. The first-order valence-electron chi connectivity index (χ1n) is 11.4. The molecule has 2 aromatic carbocycles. The summed E-state index contributed by atoms with van der Waals surface area (Å²) in [6.45, 7) is 5.55. The van der Waals surface area contributed by atoms with Crippen molar-refractivity contribution in [2.75, 3.05) is 18.0 Å². The van der Waals surface area contributed by atoms with E-state index in [1.54, 1.807) is 23.0 Å². The molecule has 0 atom stereocenters. The quantitative estimate of drug-likeness (QED) is 0.412. The zero-order valence-corrected chi connectivity index (χ0v) is 19.3. The first kappa shape index (κ1) is 21.8. The number of fused-ring (bicyclic) bond motifs is 1. The fourth-order valence-corrected chi connectivity index (χ4v) is 4.49. The van der Waals surface area contributed by atoms with Crippen LogP contribution >= 0.6 is 0 Å². The molecule has 0 bridgehead atoms. The first-order chi connectivity index (χ1) is 16.4. The number of carbonyl (C=O) groups is 1. The van der Waals surface area contributed by atoms with Crippen LogP contribution in [0.15, 0.2) is 90.0 Å². The van der Waals surface area contributed by atoms with Gasteiger partial charge in [0.1, 0.15) is 0 Å². The van der Waals surface area contributed by atoms with Gasteiger partial charge in [0.25, 0.3) is 5.56 Å². The monoisotopic (exact) mass is 450 g/mol. The lowest BCUT2D eigenvalue weighted by Gasteiger charge is -2.40. The highest BCUT2D eigenvalue weighted by Crippen LogP contribution is 2.30. The third-order valence-electron chi connectivity index (χ3n) is 6.10. The summed E-state index contributed by atoms with van der Waals surface area (Å²) in [4.78, 5) is 37.1. The highest BCUT2D eigenvalue weighted by molar-refractivity contribution is 5.99. The highest BCUT2D eigenvalue weighted by atomic mass is 16.1. The number of aromatic nitrogens is 3. The van der Waals surface area contributed by atoms with Crippen molar-refractivity contribution in [1.29, 1.82) is 0 Å². The third-order valence-corrected chi connectivity index (χ3v) is 6.10. The second-order valence-corrected chi connectivity index (χ2v) is 9.49. The Labute approximate surface area is 198 Å². The van der Waals surface area contributed by atoms with Gasteiger partial charge in [-0.1, -0.05) is 68.4 Å². The summed E-state index contributed by atoms with van der Waals surface area (Å²) < 4.78 is 1.68. The van der Waals surface area contributed by atoms with Crippen LogP contribution in [0.25, 0.3) is 22.4 Å². The number of anilines is 1. The molecule has 6 nitrogen and oxygen atoms in total. The normalized spacial score (nSPS) is 14.5. The molecule has 6 heteroatoms. The van der Waals surface area contributed by atoms with Crippen LogP contribution in [0.2, 0.25) is 0 Å². The van der Waals surface area contributed by atoms with E-state index >= 15 is 0 Å². The Morgan fingerprint density at radius 1 is 0.882 bits per heavy atom. The van der Waals surface area contributed by atoms with Gasteiger partial charge in [-0.25, -0.2) is 4.98 Å². The van der Waals surface area contributed by atoms with Crippen molar-refractivity contribution in [2.45, 2.75) is 20.4 Å². The molecule has 0 unspecified atom stereocenters. The summed E-state index contributed by atoms with van der Waals surface area (Å²) in [5.41, 5.74) is 3.94. The van der Waals surface area contributed by atoms with E-state index in [0.717, 1.165) is 16.7 Å². The number of hydrogen-bond donors (Lipinski definition) is 0. The third kappa shape index (κ3) is 4.39. The molecule has 5 rings (SSSR count). The minimum absolute atomic E-state index is 0.00701. The molecule has 2 aromatic heterocycles. The van der Waals surface area contributed by atoms with Gasteiger partial charge in [0.05, 0.1) is 12.2 Å². The van der Waals surface area contributed by atoms with E-state index in [9.17, 15) is 9.59 Å². The Morgan fingerprint density at radius 3 is 2.26 bits per heavy atom. The Kier molecular flexibility index (Phi) is 5.57. The van der Waals surface area contributed by atoms with E-state index < -0.39 is 0 Å². The van der Waals surface area contributed by atoms with Crippen LogP contribution in [0.4, 0.5) is 5.95 Å². The van der Waals surface area contributed by atoms with Crippen molar-refractivity contribution >= 4 is 11.7 Å². The van der Waals surface area contributed by atoms with Crippen molar-refractivity contribution < 1.29 is 4.79 Å². The molecule has 0 saturated heterocycles. The Balaban J connectivity index is 1.45. The van der Waals surface area contributed by atoms with Crippen molar-refractivity contribution in [2.24, 2.45) is 5.41 Å². The van der Waals surface area contributed by atoms with Crippen LogP contribution in [-0.4, -0.2) is 33.4 Å². The standard InChI is InChI=1S/C28H26N4O2/c1-28(2)18-31(17-25(33)23-10-8-21(9-11-23)20-6-4-3-5-7-20)27-30-24(16-26(34)32(27)19-28)22-12-14-29-15-13-22/h3-16H,17-19H2,1-2H3.